The van der Waals surface area contributed by atoms with Crippen LogP contribution in [0.4, 0.5) is 0 Å². The van der Waals surface area contributed by atoms with Crippen molar-refractivity contribution in [1.82, 2.24) is 0 Å². The maximum absolute atomic E-state index is 5.52. The Labute approximate surface area is 121 Å². The molecule has 0 N–H and O–H groups in total. The van der Waals surface area contributed by atoms with Crippen molar-refractivity contribution in [2.75, 3.05) is 21.3 Å². The molecule has 0 radical (unpaired) electrons. The van der Waals surface area contributed by atoms with Crippen molar-refractivity contribution in [2.45, 2.75) is 19.0 Å². The van der Waals surface area contributed by atoms with Crippen LogP contribution < -0.4 is 28.5 Å². The van der Waals surface area contributed by atoms with Gasteiger partial charge in [0.1, 0.15) is 0 Å². The number of pyridine rings is 1. The standard InChI is InChI=1S/C11H20NO3Si.HI/c1-5-11(12-9-7-6-8-10-12)16(13-2,14-3)15-4;/h6-11H,5H2,1-4H3;1H/q+1;/p-1. The third-order valence-electron chi connectivity index (χ3n) is 2.75. The van der Waals surface area contributed by atoms with E-state index in [0.717, 1.165) is 6.42 Å². The van der Waals surface area contributed by atoms with Crippen LogP contribution in [0, 0.1) is 0 Å². The van der Waals surface area contributed by atoms with Gasteiger partial charge < -0.3 is 37.3 Å². The molecule has 0 spiro atoms. The highest BCUT2D eigenvalue weighted by molar-refractivity contribution is 6.60. The average Bonchev–Trinajstić information content (AvgIpc) is 2.37. The summed E-state index contributed by atoms with van der Waals surface area (Å²) >= 11 is 0. The molecule has 1 atom stereocenters. The molecule has 4 nitrogen and oxygen atoms in total. The van der Waals surface area contributed by atoms with Gasteiger partial charge >= 0.3 is 8.80 Å². The molecular weight excluding hydrogens is 349 g/mol. The molecule has 1 aromatic heterocycles. The van der Waals surface area contributed by atoms with Crippen LogP contribution in [0.15, 0.2) is 30.6 Å². The van der Waals surface area contributed by atoms with Crippen LogP contribution in [0.3, 0.4) is 0 Å². The molecule has 1 heterocycles. The molecule has 1 unspecified atom stereocenters. The summed E-state index contributed by atoms with van der Waals surface area (Å²) in [6.07, 6.45) is 4.91. The fourth-order valence-electron chi connectivity index (χ4n) is 1.92. The highest BCUT2D eigenvalue weighted by Gasteiger charge is 2.53. The molecule has 0 fully saturated rings. The van der Waals surface area contributed by atoms with E-state index >= 15 is 0 Å². The molecule has 0 amide bonds. The Bertz CT molecular complexity index is 301. The van der Waals surface area contributed by atoms with Gasteiger partial charge in [-0.3, -0.25) is 0 Å². The lowest BCUT2D eigenvalue weighted by Crippen LogP contribution is -3.00. The fraction of sp³-hybridized carbons (Fsp3) is 0.545. The van der Waals surface area contributed by atoms with Crippen molar-refractivity contribution in [3.8, 4) is 0 Å². The van der Waals surface area contributed by atoms with Gasteiger partial charge in [0, 0.05) is 39.9 Å². The maximum atomic E-state index is 5.52. The Hall–Kier alpha value is -0.0231. The molecule has 0 aromatic carbocycles. The van der Waals surface area contributed by atoms with Gasteiger partial charge in [-0.2, -0.15) is 4.57 Å². The van der Waals surface area contributed by atoms with Gasteiger partial charge in [0.2, 0.25) is 5.67 Å². The first-order chi connectivity index (χ1) is 7.74. The van der Waals surface area contributed by atoms with E-state index < -0.39 is 8.80 Å². The number of hydrogen-bond acceptors (Lipinski definition) is 3. The van der Waals surface area contributed by atoms with Gasteiger partial charge in [-0.1, -0.05) is 13.0 Å². The lowest BCUT2D eigenvalue weighted by molar-refractivity contribution is -0.710. The van der Waals surface area contributed by atoms with Crippen LogP contribution in [-0.2, 0) is 13.3 Å². The summed E-state index contributed by atoms with van der Waals surface area (Å²) in [5, 5.41) is 0. The Morgan fingerprint density at radius 3 is 1.82 bits per heavy atom. The quantitative estimate of drug-likeness (QED) is 0.342. The van der Waals surface area contributed by atoms with Crippen molar-refractivity contribution in [3.05, 3.63) is 30.6 Å². The second-order valence-electron chi connectivity index (χ2n) is 3.46. The lowest BCUT2D eigenvalue weighted by Gasteiger charge is -2.27. The first-order valence-electron chi connectivity index (χ1n) is 5.35. The van der Waals surface area contributed by atoms with Crippen LogP contribution in [0.5, 0.6) is 0 Å². The second kappa shape index (κ2) is 8.14. The zero-order valence-electron chi connectivity index (χ0n) is 10.7. The van der Waals surface area contributed by atoms with E-state index in [-0.39, 0.29) is 29.6 Å². The van der Waals surface area contributed by atoms with Crippen molar-refractivity contribution >= 4 is 8.80 Å². The summed E-state index contributed by atoms with van der Waals surface area (Å²) in [6, 6.07) is 5.96. The van der Waals surface area contributed by atoms with E-state index in [1.165, 1.54) is 0 Å². The Morgan fingerprint density at radius 1 is 1.00 bits per heavy atom. The number of nitrogens with zero attached hydrogens (tertiary/aromatic N) is 1. The van der Waals surface area contributed by atoms with Crippen LogP contribution >= 0.6 is 0 Å². The van der Waals surface area contributed by atoms with Gasteiger partial charge in [-0.15, -0.1) is 0 Å². The van der Waals surface area contributed by atoms with E-state index in [2.05, 4.69) is 11.5 Å². The molecule has 0 aliphatic heterocycles. The minimum atomic E-state index is -2.62. The van der Waals surface area contributed by atoms with Gasteiger partial charge in [0.25, 0.3) is 0 Å². The fourth-order valence-corrected chi connectivity index (χ4v) is 4.27. The lowest BCUT2D eigenvalue weighted by atomic mass is 10.4. The normalized spacial score (nSPS) is 12.9. The molecular formula is C11H20INO3Si. The smallest absolute Gasteiger partial charge is 0.572 e. The Morgan fingerprint density at radius 2 is 1.47 bits per heavy atom. The largest absolute Gasteiger partial charge is 1.00 e. The predicted molar refractivity (Wildman–Crippen MR) is 62.7 cm³/mol. The van der Waals surface area contributed by atoms with Crippen molar-refractivity contribution in [1.29, 1.82) is 0 Å². The van der Waals surface area contributed by atoms with Crippen molar-refractivity contribution in [3.63, 3.8) is 0 Å². The van der Waals surface area contributed by atoms with E-state index in [4.69, 9.17) is 13.3 Å². The minimum absolute atomic E-state index is 0. The maximum Gasteiger partial charge on any atom is 0.572 e. The monoisotopic (exact) mass is 369 g/mol. The predicted octanol–water partition coefficient (Wildman–Crippen LogP) is -1.65. The minimum Gasteiger partial charge on any atom is -1.00 e. The molecule has 0 aliphatic rings. The topological polar surface area (TPSA) is 31.6 Å². The summed E-state index contributed by atoms with van der Waals surface area (Å²) in [4.78, 5) is 0. The van der Waals surface area contributed by atoms with Crippen LogP contribution in [0.2, 0.25) is 0 Å². The first kappa shape index (κ1) is 17.0. The summed E-state index contributed by atoms with van der Waals surface area (Å²) in [5.41, 5.74) is 0.105. The summed E-state index contributed by atoms with van der Waals surface area (Å²) in [5.74, 6) is 0. The highest BCUT2D eigenvalue weighted by Crippen LogP contribution is 2.21. The Kier molecular flexibility index (Phi) is 8.13. The number of halogens is 1. The molecule has 0 saturated heterocycles. The van der Waals surface area contributed by atoms with Crippen molar-refractivity contribution in [2.24, 2.45) is 0 Å². The molecule has 17 heavy (non-hydrogen) atoms. The van der Waals surface area contributed by atoms with Crippen LogP contribution in [0.25, 0.3) is 0 Å². The zero-order valence-corrected chi connectivity index (χ0v) is 13.9. The molecule has 98 valence electrons. The summed E-state index contributed by atoms with van der Waals surface area (Å²) in [6.45, 7) is 2.10. The molecule has 1 aromatic rings. The first-order valence-corrected chi connectivity index (χ1v) is 7.15. The van der Waals surface area contributed by atoms with Gasteiger partial charge in [-0.25, -0.2) is 0 Å². The SMILES string of the molecule is CCC([n+]1ccccc1)[Si](OC)(OC)OC.[I-]. The highest BCUT2D eigenvalue weighted by atomic mass is 127. The average molecular weight is 369 g/mol. The van der Waals surface area contributed by atoms with Gasteiger partial charge in [0.05, 0.1) is 0 Å². The zero-order chi connectivity index (χ0) is 12.0. The number of aromatic nitrogens is 1. The van der Waals surface area contributed by atoms with Crippen molar-refractivity contribution < 1.29 is 41.8 Å². The molecule has 0 bridgehead atoms. The summed E-state index contributed by atoms with van der Waals surface area (Å²) < 4.78 is 18.6. The molecule has 0 aliphatic carbocycles. The van der Waals surface area contributed by atoms with Crippen LogP contribution in [-0.4, -0.2) is 30.1 Å². The molecule has 1 rings (SSSR count). The Balaban J connectivity index is 0.00000256. The van der Waals surface area contributed by atoms with Gasteiger partial charge in [-0.05, 0) is 0 Å². The number of hydrogen-bond donors (Lipinski definition) is 0. The van der Waals surface area contributed by atoms with E-state index in [1.54, 1.807) is 21.3 Å². The molecule has 6 heteroatoms. The van der Waals surface area contributed by atoms with E-state index in [1.807, 2.05) is 30.6 Å². The second-order valence-corrected chi connectivity index (χ2v) is 6.56. The summed E-state index contributed by atoms with van der Waals surface area (Å²) in [7, 11) is 2.31. The third kappa shape index (κ3) is 3.72. The van der Waals surface area contributed by atoms with Gasteiger partial charge in [0.15, 0.2) is 12.4 Å². The van der Waals surface area contributed by atoms with E-state index in [9.17, 15) is 0 Å². The third-order valence-corrected chi connectivity index (χ3v) is 5.98. The number of rotatable bonds is 6. The van der Waals surface area contributed by atoms with Crippen LogP contribution in [0.1, 0.15) is 19.0 Å². The van der Waals surface area contributed by atoms with E-state index in [0.29, 0.717) is 0 Å². The molecule has 0 saturated carbocycles.